The molecular weight excluding hydrogens is 376 g/mol. The summed E-state index contributed by atoms with van der Waals surface area (Å²) < 4.78 is 36.7. The zero-order chi connectivity index (χ0) is 19.3. The van der Waals surface area contributed by atoms with Crippen LogP contribution in [0.3, 0.4) is 0 Å². The first-order valence-corrected chi connectivity index (χ1v) is 10.0. The van der Waals surface area contributed by atoms with Gasteiger partial charge in [-0.1, -0.05) is 60.7 Å². The molecule has 0 saturated carbocycles. The standard InChI is InChI=1S/C23H21F2NOS/c24-21-11-6-12-22(25)23(21)28-26-14-18-9-4-5-10-19(18)15-27-16-20(26)13-17-7-2-1-3-8-17/h1-12,20H,13-16H2. The van der Waals surface area contributed by atoms with Crippen molar-refractivity contribution in [3.05, 3.63) is 101 Å². The van der Waals surface area contributed by atoms with Gasteiger partial charge in [0.25, 0.3) is 0 Å². The van der Waals surface area contributed by atoms with Crippen LogP contribution in [0, 0.1) is 11.6 Å². The van der Waals surface area contributed by atoms with Crippen LogP contribution >= 0.6 is 11.9 Å². The lowest BCUT2D eigenvalue weighted by Crippen LogP contribution is -2.37. The lowest BCUT2D eigenvalue weighted by atomic mass is 10.0. The Labute approximate surface area is 168 Å². The van der Waals surface area contributed by atoms with Crippen LogP contribution < -0.4 is 0 Å². The number of hydrogen-bond acceptors (Lipinski definition) is 3. The highest BCUT2D eigenvalue weighted by atomic mass is 32.2. The van der Waals surface area contributed by atoms with Crippen molar-refractivity contribution in [2.24, 2.45) is 0 Å². The van der Waals surface area contributed by atoms with E-state index >= 15 is 0 Å². The Morgan fingerprint density at radius 2 is 1.54 bits per heavy atom. The van der Waals surface area contributed by atoms with Crippen LogP contribution in [0.5, 0.6) is 0 Å². The predicted octanol–water partition coefficient (Wildman–Crippen LogP) is 5.62. The summed E-state index contributed by atoms with van der Waals surface area (Å²) in [6.45, 7) is 1.63. The Bertz CT molecular complexity index is 915. The van der Waals surface area contributed by atoms with Gasteiger partial charge in [-0.05, 0) is 47.2 Å². The summed E-state index contributed by atoms with van der Waals surface area (Å²) in [6, 6.07) is 22.2. The second-order valence-electron chi connectivity index (χ2n) is 6.84. The molecule has 3 aromatic rings. The van der Waals surface area contributed by atoms with Gasteiger partial charge in [0.05, 0.1) is 18.1 Å². The molecule has 1 aliphatic heterocycles. The molecule has 0 saturated heterocycles. The maximum Gasteiger partial charge on any atom is 0.141 e. The molecule has 0 amide bonds. The number of nitrogens with zero attached hydrogens (tertiary/aromatic N) is 1. The maximum atomic E-state index is 14.3. The summed E-state index contributed by atoms with van der Waals surface area (Å²) in [7, 11) is 0. The molecule has 0 radical (unpaired) electrons. The molecule has 3 aromatic carbocycles. The first-order chi connectivity index (χ1) is 13.7. The minimum absolute atomic E-state index is 0.0141. The Morgan fingerprint density at radius 1 is 0.857 bits per heavy atom. The van der Waals surface area contributed by atoms with Crippen molar-refractivity contribution in [1.29, 1.82) is 0 Å². The highest BCUT2D eigenvalue weighted by Gasteiger charge is 2.26. The van der Waals surface area contributed by atoms with Crippen molar-refractivity contribution in [3.63, 3.8) is 0 Å². The largest absolute Gasteiger partial charge is 0.375 e. The Hall–Kier alpha value is -2.21. The highest BCUT2D eigenvalue weighted by molar-refractivity contribution is 7.97. The molecular formula is C23H21F2NOS. The number of halogens is 2. The van der Waals surface area contributed by atoms with Gasteiger partial charge in [0, 0.05) is 12.6 Å². The van der Waals surface area contributed by atoms with E-state index in [1.54, 1.807) is 0 Å². The average molecular weight is 397 g/mol. The van der Waals surface area contributed by atoms with Crippen LogP contribution in [0.1, 0.15) is 16.7 Å². The van der Waals surface area contributed by atoms with Crippen LogP contribution in [0.2, 0.25) is 0 Å². The first-order valence-electron chi connectivity index (χ1n) is 9.28. The van der Waals surface area contributed by atoms with Gasteiger partial charge in [0.15, 0.2) is 0 Å². The smallest absolute Gasteiger partial charge is 0.141 e. The normalized spacial score (nSPS) is 17.6. The van der Waals surface area contributed by atoms with Crippen molar-refractivity contribution in [2.45, 2.75) is 30.5 Å². The summed E-state index contributed by atoms with van der Waals surface area (Å²) >= 11 is 1.13. The number of rotatable bonds is 4. The molecule has 0 aliphatic carbocycles. The second kappa shape index (κ2) is 8.86. The number of fused-ring (bicyclic) bond motifs is 1. The molecule has 1 atom stereocenters. The van der Waals surface area contributed by atoms with Crippen LogP contribution in [0.25, 0.3) is 0 Å². The van der Waals surface area contributed by atoms with E-state index in [1.807, 2.05) is 40.7 Å². The summed E-state index contributed by atoms with van der Waals surface area (Å²) in [4.78, 5) is 0.0265. The van der Waals surface area contributed by atoms with E-state index in [0.717, 1.165) is 29.5 Å². The van der Waals surface area contributed by atoms with Crippen LogP contribution in [0.4, 0.5) is 8.78 Å². The molecule has 2 nitrogen and oxygen atoms in total. The molecule has 1 heterocycles. The van der Waals surface area contributed by atoms with Crippen molar-refractivity contribution in [3.8, 4) is 0 Å². The lowest BCUT2D eigenvalue weighted by Gasteiger charge is -2.33. The van der Waals surface area contributed by atoms with Gasteiger partial charge in [-0.15, -0.1) is 0 Å². The Morgan fingerprint density at radius 3 is 2.29 bits per heavy atom. The predicted molar refractivity (Wildman–Crippen MR) is 108 cm³/mol. The monoisotopic (exact) mass is 397 g/mol. The Balaban J connectivity index is 1.67. The number of benzene rings is 3. The summed E-state index contributed by atoms with van der Waals surface area (Å²) in [5.41, 5.74) is 3.40. The zero-order valence-corrected chi connectivity index (χ0v) is 16.2. The molecule has 1 unspecified atom stereocenters. The molecule has 0 spiro atoms. The van der Waals surface area contributed by atoms with Gasteiger partial charge in [0.1, 0.15) is 11.6 Å². The van der Waals surface area contributed by atoms with Gasteiger partial charge < -0.3 is 4.74 Å². The molecule has 144 valence electrons. The minimum atomic E-state index is -0.542. The maximum absolute atomic E-state index is 14.3. The SMILES string of the molecule is Fc1cccc(F)c1SN1Cc2ccccc2COCC1Cc1ccccc1. The first kappa shape index (κ1) is 19.1. The topological polar surface area (TPSA) is 12.5 Å². The van der Waals surface area contributed by atoms with E-state index in [4.69, 9.17) is 4.74 Å². The molecule has 1 aliphatic rings. The van der Waals surface area contributed by atoms with Gasteiger partial charge >= 0.3 is 0 Å². The van der Waals surface area contributed by atoms with Crippen molar-refractivity contribution in [2.75, 3.05) is 6.61 Å². The van der Waals surface area contributed by atoms with Crippen molar-refractivity contribution >= 4 is 11.9 Å². The number of hydrogen-bond donors (Lipinski definition) is 0. The van der Waals surface area contributed by atoms with E-state index in [9.17, 15) is 8.78 Å². The fraction of sp³-hybridized carbons (Fsp3) is 0.217. The van der Waals surface area contributed by atoms with E-state index in [1.165, 1.54) is 23.8 Å². The third-order valence-electron chi connectivity index (χ3n) is 4.86. The Kier molecular flexibility index (Phi) is 6.05. The van der Waals surface area contributed by atoms with E-state index < -0.39 is 11.6 Å². The molecule has 0 aromatic heterocycles. The average Bonchev–Trinajstić information content (AvgIpc) is 2.69. The summed E-state index contributed by atoms with van der Waals surface area (Å²) in [5, 5.41) is 0. The molecule has 0 N–H and O–H groups in total. The summed E-state index contributed by atoms with van der Waals surface area (Å²) in [6.07, 6.45) is 0.742. The van der Waals surface area contributed by atoms with Crippen LogP contribution in [-0.2, 0) is 24.3 Å². The van der Waals surface area contributed by atoms with Crippen molar-refractivity contribution < 1.29 is 13.5 Å². The molecule has 0 bridgehead atoms. The van der Waals surface area contributed by atoms with E-state index in [-0.39, 0.29) is 10.9 Å². The fourth-order valence-electron chi connectivity index (χ4n) is 3.38. The molecule has 4 rings (SSSR count). The van der Waals surface area contributed by atoms with Crippen molar-refractivity contribution in [1.82, 2.24) is 4.31 Å². The fourth-order valence-corrected chi connectivity index (χ4v) is 4.41. The highest BCUT2D eigenvalue weighted by Crippen LogP contribution is 2.34. The lowest BCUT2D eigenvalue weighted by molar-refractivity contribution is 0.0705. The second-order valence-corrected chi connectivity index (χ2v) is 7.90. The van der Waals surface area contributed by atoms with Gasteiger partial charge in [-0.25, -0.2) is 13.1 Å². The van der Waals surface area contributed by atoms with Crippen LogP contribution in [-0.4, -0.2) is 17.0 Å². The zero-order valence-electron chi connectivity index (χ0n) is 15.4. The minimum Gasteiger partial charge on any atom is -0.375 e. The number of ether oxygens (including phenoxy) is 1. The van der Waals surface area contributed by atoms with Gasteiger partial charge in [0.2, 0.25) is 0 Å². The molecule has 28 heavy (non-hydrogen) atoms. The van der Waals surface area contributed by atoms with Gasteiger partial charge in [-0.3, -0.25) is 0 Å². The molecule has 0 fully saturated rings. The third kappa shape index (κ3) is 4.43. The van der Waals surface area contributed by atoms with Crippen LogP contribution in [0.15, 0.2) is 77.7 Å². The third-order valence-corrected chi connectivity index (χ3v) is 6.10. The molecule has 5 heteroatoms. The van der Waals surface area contributed by atoms with E-state index in [2.05, 4.69) is 18.2 Å². The van der Waals surface area contributed by atoms with Gasteiger partial charge in [-0.2, -0.15) is 0 Å². The quantitative estimate of drug-likeness (QED) is 0.531. The van der Waals surface area contributed by atoms with E-state index in [0.29, 0.717) is 19.8 Å². The summed E-state index contributed by atoms with van der Waals surface area (Å²) in [5.74, 6) is -1.08.